The highest BCUT2D eigenvalue weighted by Gasteiger charge is 2.30. The van der Waals surface area contributed by atoms with Gasteiger partial charge in [-0.2, -0.15) is 0 Å². The lowest BCUT2D eigenvalue weighted by Gasteiger charge is -2.21. The fourth-order valence-corrected chi connectivity index (χ4v) is 13.4. The maximum absolute atomic E-state index is 13.1. The number of hydrogen-bond acceptors (Lipinski definition) is 15. The van der Waals surface area contributed by atoms with Crippen LogP contribution < -0.4 is 0 Å². The quantitative estimate of drug-likeness (QED) is 0.0222. The largest absolute Gasteiger partial charge is 0.472 e. The number of carbonyl (C=O) groups excluding carboxylic acids is 4. The Hall–Kier alpha value is -1.94. The lowest BCUT2D eigenvalue weighted by atomic mass is 10.0. The lowest BCUT2D eigenvalue weighted by Crippen LogP contribution is -2.30. The maximum atomic E-state index is 13.1. The van der Waals surface area contributed by atoms with Gasteiger partial charge in [-0.05, 0) is 37.5 Å². The molecule has 0 aromatic carbocycles. The summed E-state index contributed by atoms with van der Waals surface area (Å²) in [6.45, 7) is 9.59. The van der Waals surface area contributed by atoms with E-state index >= 15 is 0 Å². The van der Waals surface area contributed by atoms with E-state index < -0.39 is 97.5 Å². The highest BCUT2D eigenvalue weighted by Crippen LogP contribution is 2.45. The van der Waals surface area contributed by atoms with Crippen LogP contribution in [0.5, 0.6) is 0 Å². The van der Waals surface area contributed by atoms with Crippen LogP contribution in [0.4, 0.5) is 0 Å². The van der Waals surface area contributed by atoms with Gasteiger partial charge in [0.05, 0.1) is 26.4 Å². The highest BCUT2D eigenvalue weighted by molar-refractivity contribution is 7.47. The van der Waals surface area contributed by atoms with Crippen molar-refractivity contribution in [2.45, 2.75) is 419 Å². The maximum Gasteiger partial charge on any atom is 0.472 e. The number of rotatable bonds is 76. The Kier molecular flexibility index (Phi) is 67.4. The van der Waals surface area contributed by atoms with Gasteiger partial charge in [0, 0.05) is 25.7 Å². The first-order valence-electron chi connectivity index (χ1n) is 40.0. The average molecular weight is 1410 g/mol. The average Bonchev–Trinajstić information content (AvgIpc) is 1.46. The molecule has 0 amide bonds. The normalized spacial score (nSPS) is 14.0. The molecule has 0 aromatic rings. The SMILES string of the molecule is CCCCCCCCCCCCCCCCCCCCC(=O)O[C@H](COC(=O)CCCCCCCCCCCCCCC(C)C)COP(=O)(O)OC[C@@H](O)COP(=O)(O)OC[C@@H](COC(=O)CCCCCCCCCCCCC)OC(=O)CCCCCCCCCCCC(C)C. The minimum atomic E-state index is -4.96. The Bertz CT molecular complexity index is 1860. The van der Waals surface area contributed by atoms with Gasteiger partial charge in [-0.3, -0.25) is 37.3 Å². The summed E-state index contributed by atoms with van der Waals surface area (Å²) in [5.41, 5.74) is 0. The molecule has 5 atom stereocenters. The molecule has 96 heavy (non-hydrogen) atoms. The van der Waals surface area contributed by atoms with Gasteiger partial charge in [-0.1, -0.05) is 350 Å². The molecule has 0 fully saturated rings. The van der Waals surface area contributed by atoms with Crippen molar-refractivity contribution in [2.75, 3.05) is 39.6 Å². The van der Waals surface area contributed by atoms with E-state index in [2.05, 4.69) is 41.5 Å². The van der Waals surface area contributed by atoms with Crippen LogP contribution in [0.15, 0.2) is 0 Å². The zero-order valence-corrected chi connectivity index (χ0v) is 64.5. The second-order valence-corrected chi connectivity index (χ2v) is 31.6. The monoisotopic (exact) mass is 1410 g/mol. The number of phosphoric ester groups is 2. The zero-order chi connectivity index (χ0) is 70.7. The zero-order valence-electron chi connectivity index (χ0n) is 62.7. The molecule has 570 valence electrons. The van der Waals surface area contributed by atoms with Crippen molar-refractivity contribution in [1.82, 2.24) is 0 Å². The molecular formula is C77H150O17P2. The van der Waals surface area contributed by atoms with Crippen molar-refractivity contribution in [3.63, 3.8) is 0 Å². The number of hydrogen-bond donors (Lipinski definition) is 3. The van der Waals surface area contributed by atoms with Crippen LogP contribution >= 0.6 is 15.6 Å². The van der Waals surface area contributed by atoms with Crippen LogP contribution in [0.25, 0.3) is 0 Å². The molecule has 0 saturated carbocycles. The Morgan fingerprint density at radius 1 is 0.281 bits per heavy atom. The topological polar surface area (TPSA) is 237 Å². The van der Waals surface area contributed by atoms with Crippen LogP contribution in [0.2, 0.25) is 0 Å². The van der Waals surface area contributed by atoms with Crippen molar-refractivity contribution in [3.05, 3.63) is 0 Å². The van der Waals surface area contributed by atoms with E-state index in [9.17, 15) is 43.2 Å². The van der Waals surface area contributed by atoms with Gasteiger partial charge in [-0.25, -0.2) is 9.13 Å². The standard InChI is InChI=1S/C77H150O17P2/c1-7-9-11-13-15-17-19-20-21-22-23-24-25-31-37-43-49-55-61-76(81)93-72(65-88-75(80)60-54-48-42-36-30-27-26-29-33-39-45-51-57-69(3)4)67-91-95(83,84)89-63-71(78)64-90-96(85,86)92-68-73(66-87-74(79)59-53-47-41-35-28-18-16-14-12-10-8-2)94-77(82)62-56-50-44-38-32-34-40-46-52-58-70(5)6/h69-73,78H,7-68H2,1-6H3,(H,83,84)(H,85,86)/t71-,72-,73-/m1/s1. The Labute approximate surface area is 588 Å². The second kappa shape index (κ2) is 68.8. The van der Waals surface area contributed by atoms with Gasteiger partial charge in [0.25, 0.3) is 0 Å². The van der Waals surface area contributed by atoms with E-state index in [-0.39, 0.29) is 25.7 Å². The highest BCUT2D eigenvalue weighted by atomic mass is 31.2. The number of ether oxygens (including phenoxy) is 4. The first kappa shape index (κ1) is 94.1. The smallest absolute Gasteiger partial charge is 0.462 e. The number of aliphatic hydroxyl groups excluding tert-OH is 1. The summed E-state index contributed by atoms with van der Waals surface area (Å²) >= 11 is 0. The third-order valence-electron chi connectivity index (χ3n) is 18.0. The molecule has 0 aliphatic rings. The fourth-order valence-electron chi connectivity index (χ4n) is 11.8. The van der Waals surface area contributed by atoms with Gasteiger partial charge < -0.3 is 33.8 Å². The summed E-state index contributed by atoms with van der Waals surface area (Å²) in [6.07, 6.45) is 56.8. The van der Waals surface area contributed by atoms with Crippen molar-refractivity contribution >= 4 is 39.5 Å². The molecule has 19 heteroatoms. The fraction of sp³-hybridized carbons (Fsp3) is 0.948. The van der Waals surface area contributed by atoms with Crippen molar-refractivity contribution in [1.29, 1.82) is 0 Å². The third-order valence-corrected chi connectivity index (χ3v) is 19.9. The molecule has 0 heterocycles. The summed E-state index contributed by atoms with van der Waals surface area (Å²) in [5.74, 6) is -0.595. The second-order valence-electron chi connectivity index (χ2n) is 28.7. The summed E-state index contributed by atoms with van der Waals surface area (Å²) < 4.78 is 68.6. The van der Waals surface area contributed by atoms with Gasteiger partial charge in [0.1, 0.15) is 19.3 Å². The number of aliphatic hydroxyl groups is 1. The molecule has 0 spiro atoms. The minimum Gasteiger partial charge on any atom is -0.462 e. The van der Waals surface area contributed by atoms with Crippen LogP contribution in [0, 0.1) is 11.8 Å². The summed E-state index contributed by atoms with van der Waals surface area (Å²) in [4.78, 5) is 72.9. The molecule has 0 aromatic heterocycles. The van der Waals surface area contributed by atoms with Crippen LogP contribution in [-0.2, 0) is 65.4 Å². The third kappa shape index (κ3) is 70.5. The van der Waals surface area contributed by atoms with Crippen molar-refractivity contribution < 1.29 is 80.2 Å². The van der Waals surface area contributed by atoms with Crippen molar-refractivity contribution in [3.8, 4) is 0 Å². The Balaban J connectivity index is 5.24. The predicted octanol–water partition coefficient (Wildman–Crippen LogP) is 22.7. The Morgan fingerprint density at radius 3 is 0.708 bits per heavy atom. The van der Waals surface area contributed by atoms with E-state index in [1.54, 1.807) is 0 Å². The van der Waals surface area contributed by atoms with Crippen LogP contribution in [0.3, 0.4) is 0 Å². The van der Waals surface area contributed by atoms with E-state index in [0.717, 1.165) is 102 Å². The molecule has 0 aliphatic carbocycles. The van der Waals surface area contributed by atoms with E-state index in [0.29, 0.717) is 25.7 Å². The van der Waals surface area contributed by atoms with Gasteiger partial charge in [-0.15, -0.1) is 0 Å². The molecular weight excluding hydrogens is 1260 g/mol. The van der Waals surface area contributed by atoms with Gasteiger partial charge in [0.15, 0.2) is 12.2 Å². The van der Waals surface area contributed by atoms with Gasteiger partial charge in [0.2, 0.25) is 0 Å². The number of phosphoric acid groups is 2. The number of esters is 4. The van der Waals surface area contributed by atoms with E-state index in [1.807, 2.05) is 0 Å². The van der Waals surface area contributed by atoms with Crippen LogP contribution in [0.1, 0.15) is 401 Å². The molecule has 0 saturated heterocycles. The first-order valence-corrected chi connectivity index (χ1v) is 43.0. The van der Waals surface area contributed by atoms with Gasteiger partial charge >= 0.3 is 39.5 Å². The molecule has 0 aliphatic heterocycles. The lowest BCUT2D eigenvalue weighted by molar-refractivity contribution is -0.161. The minimum absolute atomic E-state index is 0.106. The summed E-state index contributed by atoms with van der Waals surface area (Å²) in [5, 5.41) is 10.6. The molecule has 0 rings (SSSR count). The van der Waals surface area contributed by atoms with Crippen molar-refractivity contribution in [2.24, 2.45) is 11.8 Å². The summed E-state index contributed by atoms with van der Waals surface area (Å²) in [6, 6.07) is 0. The number of unbranched alkanes of at least 4 members (excludes halogenated alkanes) is 46. The van der Waals surface area contributed by atoms with Crippen LogP contribution in [-0.4, -0.2) is 96.7 Å². The molecule has 0 bridgehead atoms. The molecule has 0 radical (unpaired) electrons. The molecule has 3 N–H and O–H groups in total. The first-order chi connectivity index (χ1) is 46.4. The Morgan fingerprint density at radius 2 is 0.479 bits per heavy atom. The van der Waals surface area contributed by atoms with E-state index in [1.165, 1.54) is 218 Å². The molecule has 2 unspecified atom stereocenters. The number of carbonyl (C=O) groups is 4. The summed E-state index contributed by atoms with van der Waals surface area (Å²) in [7, 11) is -9.91. The predicted molar refractivity (Wildman–Crippen MR) is 391 cm³/mol. The van der Waals surface area contributed by atoms with E-state index in [4.69, 9.17) is 37.0 Å². The molecule has 17 nitrogen and oxygen atoms in total.